The van der Waals surface area contributed by atoms with Crippen molar-refractivity contribution in [3.05, 3.63) is 168 Å². The summed E-state index contributed by atoms with van der Waals surface area (Å²) in [5.74, 6) is -0.520. The van der Waals surface area contributed by atoms with E-state index in [-0.39, 0.29) is 33.4 Å². The van der Waals surface area contributed by atoms with Gasteiger partial charge in [0.25, 0.3) is 11.8 Å². The number of aromatic nitrogens is 2. The molecule has 4 aromatic carbocycles. The van der Waals surface area contributed by atoms with Crippen LogP contribution in [-0.2, 0) is 43.9 Å². The van der Waals surface area contributed by atoms with Crippen molar-refractivity contribution in [3.63, 3.8) is 0 Å². The van der Waals surface area contributed by atoms with Crippen LogP contribution in [0.5, 0.6) is 0 Å². The second-order valence-corrected chi connectivity index (χ2v) is 19.8. The molecular formula is C50H52N6O10S2. The Bertz CT molecular complexity index is 2790. The van der Waals surface area contributed by atoms with Gasteiger partial charge in [0.05, 0.1) is 9.79 Å². The lowest BCUT2D eigenvalue weighted by Gasteiger charge is -2.51. The molecule has 4 N–H and O–H groups in total. The Labute approximate surface area is 396 Å². The summed E-state index contributed by atoms with van der Waals surface area (Å²) in [6.45, 7) is 3.64. The smallest absolute Gasteiger partial charge is 0.255 e. The summed E-state index contributed by atoms with van der Waals surface area (Å²) in [7, 11) is -4.77. The standard InChI is InChI=1S/C36H36N6O4.2C7H8O3S/c1-41-21-3-5-29(23-41)37-31(43)25-7-11-27(12-8-25)39-33(45)35-15-18-36(19-16-35,20-17-35)34(46)40-28-13-9-26(10-14-28)32(44)38-30-6-4-22-42(2)24-30;2*1-6-2-4-7(5-3-6)11(8,9)10/h3-14,21-24H,15-20H2,1-2H3,(H2-2,37,38,39,40,43,44,45,46);2*2-5H,1H3,(H,8,9,10). The van der Waals surface area contributed by atoms with E-state index in [4.69, 9.17) is 0 Å². The third-order valence-corrected chi connectivity index (χ3v) is 13.7. The number of hydrogen-bond donors (Lipinski definition) is 4. The normalized spacial score (nSPS) is 17.2. The highest BCUT2D eigenvalue weighted by molar-refractivity contribution is 7.86. The SMILES string of the molecule is C[n+]1cccc(NC(=O)c2ccc(NC(=O)C34CCC(C(=O)Nc5ccc(C(=O)Nc6ccc[n+](C)c6)cc5)(CC3)CC4)cc2)c1.Cc1ccc(S(=O)(=O)[O-])cc1.Cc1ccc(S(=O)(=O)[O-])cc1. The van der Waals surface area contributed by atoms with E-state index in [2.05, 4.69) is 21.3 Å². The number of anilines is 4. The summed E-state index contributed by atoms with van der Waals surface area (Å²) < 4.78 is 66.0. The number of hydrogen-bond acceptors (Lipinski definition) is 10. The topological polar surface area (TPSA) is 239 Å². The number of rotatable bonds is 10. The first kappa shape index (κ1) is 50.3. The molecule has 2 aromatic heterocycles. The second kappa shape index (κ2) is 21.2. The Morgan fingerprint density at radius 1 is 0.456 bits per heavy atom. The first-order chi connectivity index (χ1) is 32.1. The quantitative estimate of drug-likeness (QED) is 0.0852. The fourth-order valence-electron chi connectivity index (χ4n) is 7.94. The van der Waals surface area contributed by atoms with Gasteiger partial charge in [-0.3, -0.25) is 19.2 Å². The molecule has 9 rings (SSSR count). The van der Waals surface area contributed by atoms with Gasteiger partial charge in [0.1, 0.15) is 45.7 Å². The monoisotopic (exact) mass is 960 g/mol. The van der Waals surface area contributed by atoms with Crippen molar-refractivity contribution in [2.75, 3.05) is 21.3 Å². The van der Waals surface area contributed by atoms with Crippen molar-refractivity contribution in [1.82, 2.24) is 0 Å². The molecule has 0 aliphatic heterocycles. The molecule has 3 fully saturated rings. The van der Waals surface area contributed by atoms with Gasteiger partial charge in [-0.05, 0) is 137 Å². The fraction of sp³-hybridized carbons (Fsp3) is 0.240. The van der Waals surface area contributed by atoms with Crippen LogP contribution in [0.1, 0.15) is 70.4 Å². The molecule has 0 saturated heterocycles. The molecule has 0 atom stereocenters. The third kappa shape index (κ3) is 13.3. The van der Waals surface area contributed by atoms with Crippen LogP contribution in [0.2, 0.25) is 0 Å². The van der Waals surface area contributed by atoms with E-state index in [0.717, 1.165) is 11.1 Å². The molecule has 2 heterocycles. The van der Waals surface area contributed by atoms with Crippen molar-refractivity contribution in [3.8, 4) is 0 Å². The number of fused-ring (bicyclic) bond motifs is 3. The van der Waals surface area contributed by atoms with Crippen molar-refractivity contribution in [1.29, 1.82) is 0 Å². The maximum Gasteiger partial charge on any atom is 0.255 e. The lowest BCUT2D eigenvalue weighted by molar-refractivity contribution is -0.670. The summed E-state index contributed by atoms with van der Waals surface area (Å²) in [5.41, 5.74) is 4.49. The van der Waals surface area contributed by atoms with Crippen LogP contribution in [-0.4, -0.2) is 49.6 Å². The summed E-state index contributed by atoms with van der Waals surface area (Å²) in [4.78, 5) is 52.0. The maximum atomic E-state index is 13.5. The molecule has 2 bridgehead atoms. The molecule has 0 spiro atoms. The molecule has 16 nitrogen and oxygen atoms in total. The number of nitrogens with zero attached hydrogens (tertiary/aromatic N) is 2. The van der Waals surface area contributed by atoms with Crippen LogP contribution in [0.25, 0.3) is 0 Å². The summed E-state index contributed by atoms with van der Waals surface area (Å²) >= 11 is 0. The lowest BCUT2D eigenvalue weighted by Crippen LogP contribution is -2.52. The van der Waals surface area contributed by atoms with E-state index in [1.54, 1.807) is 72.8 Å². The molecular weight excluding hydrogens is 909 g/mol. The summed E-state index contributed by atoms with van der Waals surface area (Å²) in [6, 6.07) is 32.7. The van der Waals surface area contributed by atoms with Crippen molar-refractivity contribution in [2.24, 2.45) is 24.9 Å². The van der Waals surface area contributed by atoms with Crippen molar-refractivity contribution < 1.29 is 54.3 Å². The first-order valence-electron chi connectivity index (χ1n) is 21.5. The van der Waals surface area contributed by atoms with Gasteiger partial charge in [0.2, 0.25) is 11.8 Å². The third-order valence-electron chi connectivity index (χ3n) is 12.0. The first-order valence-corrected chi connectivity index (χ1v) is 24.4. The van der Waals surface area contributed by atoms with Crippen molar-refractivity contribution in [2.45, 2.75) is 62.2 Å². The lowest BCUT2D eigenvalue weighted by atomic mass is 9.53. The van der Waals surface area contributed by atoms with Gasteiger partial charge in [-0.25, -0.2) is 26.0 Å². The van der Waals surface area contributed by atoms with E-state index in [0.29, 0.717) is 72.4 Å². The number of carbonyl (C=O) groups is 4. The minimum Gasteiger partial charge on any atom is -0.744 e. The number of amides is 4. The summed E-state index contributed by atoms with van der Waals surface area (Å²) in [6.07, 6.45) is 11.2. The molecule has 3 saturated carbocycles. The van der Waals surface area contributed by atoms with Crippen LogP contribution < -0.4 is 30.4 Å². The number of pyridine rings is 2. The van der Waals surface area contributed by atoms with Gasteiger partial charge in [0, 0.05) is 45.5 Å². The highest BCUT2D eigenvalue weighted by atomic mass is 32.2. The van der Waals surface area contributed by atoms with E-state index in [1.807, 2.05) is 86.1 Å². The van der Waals surface area contributed by atoms with E-state index in [9.17, 15) is 45.1 Å². The molecule has 4 amide bonds. The minimum absolute atomic E-state index is 0.0340. The van der Waals surface area contributed by atoms with Crippen LogP contribution in [0.4, 0.5) is 22.7 Å². The molecule has 0 radical (unpaired) electrons. The minimum atomic E-state index is -4.27. The van der Waals surface area contributed by atoms with E-state index in [1.165, 1.54) is 24.3 Å². The summed E-state index contributed by atoms with van der Waals surface area (Å²) in [5, 5.41) is 11.9. The second-order valence-electron chi connectivity index (χ2n) is 17.1. The molecule has 0 unspecified atom stereocenters. The molecule has 6 aromatic rings. The average molecular weight is 961 g/mol. The van der Waals surface area contributed by atoms with Gasteiger partial charge in [-0.1, -0.05) is 35.4 Å². The van der Waals surface area contributed by atoms with Gasteiger partial charge < -0.3 is 30.4 Å². The highest BCUT2D eigenvalue weighted by Gasteiger charge is 2.55. The van der Waals surface area contributed by atoms with Crippen LogP contribution >= 0.6 is 0 Å². The molecule has 3 aliphatic rings. The number of benzene rings is 4. The van der Waals surface area contributed by atoms with Crippen LogP contribution in [0, 0.1) is 24.7 Å². The Hall–Kier alpha value is -7.12. The zero-order chi connectivity index (χ0) is 49.3. The Morgan fingerprint density at radius 2 is 0.765 bits per heavy atom. The zero-order valence-corrected chi connectivity index (χ0v) is 39.5. The van der Waals surface area contributed by atoms with Gasteiger partial charge in [-0.2, -0.15) is 0 Å². The largest absolute Gasteiger partial charge is 0.744 e. The van der Waals surface area contributed by atoms with E-state index < -0.39 is 31.1 Å². The predicted octanol–water partition coefficient (Wildman–Crippen LogP) is 6.56. The molecule has 3 aliphatic carbocycles. The maximum absolute atomic E-state index is 13.5. The van der Waals surface area contributed by atoms with E-state index >= 15 is 0 Å². The fourth-order valence-corrected chi connectivity index (χ4v) is 8.88. The van der Waals surface area contributed by atoms with Crippen molar-refractivity contribution >= 4 is 66.6 Å². The van der Waals surface area contributed by atoms with Gasteiger partial charge in [-0.15, -0.1) is 0 Å². The number of nitrogens with one attached hydrogen (secondary N) is 4. The molecule has 18 heteroatoms. The number of carbonyl (C=O) groups excluding carboxylic acids is 4. The Morgan fingerprint density at radius 3 is 1.04 bits per heavy atom. The number of aryl methyl sites for hydroxylation is 4. The Balaban J connectivity index is 0.000000282. The highest BCUT2D eigenvalue weighted by Crippen LogP contribution is 2.57. The molecule has 68 heavy (non-hydrogen) atoms. The van der Waals surface area contributed by atoms with Crippen LogP contribution in [0.15, 0.2) is 156 Å². The van der Waals surface area contributed by atoms with Gasteiger partial charge >= 0.3 is 0 Å². The van der Waals surface area contributed by atoms with Gasteiger partial charge in [0.15, 0.2) is 24.8 Å². The Kier molecular flexibility index (Phi) is 15.7. The average Bonchev–Trinajstić information content (AvgIpc) is 3.30. The zero-order valence-electron chi connectivity index (χ0n) is 37.9. The molecule has 354 valence electrons. The van der Waals surface area contributed by atoms with Crippen LogP contribution in [0.3, 0.4) is 0 Å². The predicted molar refractivity (Wildman–Crippen MR) is 252 cm³/mol.